The Morgan fingerprint density at radius 2 is 1.89 bits per heavy atom. The summed E-state index contributed by atoms with van der Waals surface area (Å²) in [4.78, 5) is 27.6. The number of carbonyl (C=O) groups excluding carboxylic acids is 1. The summed E-state index contributed by atoms with van der Waals surface area (Å²) in [6.45, 7) is 7.05. The highest BCUT2D eigenvalue weighted by Gasteiger charge is 2.26. The molecule has 0 saturated carbocycles. The van der Waals surface area contributed by atoms with Gasteiger partial charge in [-0.25, -0.2) is 9.97 Å². The molecule has 4 heterocycles. The highest BCUT2D eigenvalue weighted by molar-refractivity contribution is 5.93. The van der Waals surface area contributed by atoms with Crippen LogP contribution in [0.4, 0.5) is 0 Å². The molecule has 0 N–H and O–H groups in total. The van der Waals surface area contributed by atoms with Crippen LogP contribution in [0.1, 0.15) is 52.1 Å². The van der Waals surface area contributed by atoms with Gasteiger partial charge < -0.3 is 9.42 Å². The third-order valence-electron chi connectivity index (χ3n) is 5.26. The maximum Gasteiger partial charge on any atom is 0.257 e. The van der Waals surface area contributed by atoms with Crippen molar-refractivity contribution in [1.82, 2.24) is 25.0 Å². The van der Waals surface area contributed by atoms with Crippen molar-refractivity contribution >= 4 is 5.91 Å². The van der Waals surface area contributed by atoms with Crippen molar-refractivity contribution in [2.45, 2.75) is 39.5 Å². The van der Waals surface area contributed by atoms with Gasteiger partial charge in [0.05, 0.1) is 11.3 Å². The van der Waals surface area contributed by atoms with Crippen molar-refractivity contribution in [3.05, 3.63) is 59.3 Å². The monoisotopic (exact) mass is 377 g/mol. The molecule has 0 bridgehead atoms. The standard InChI is InChI=1S/C21H23N5O2/c1-13-20(14(2)28-25-13)16-6-7-19(24-9-16)17-5-4-8-26(12-17)21(27)18-10-22-15(3)23-11-18/h6-7,9-11,17H,4-5,8,12H2,1-3H3/t17-/m1/s1. The number of pyridine rings is 1. The molecular weight excluding hydrogens is 354 g/mol. The number of piperidine rings is 1. The molecule has 1 amide bonds. The highest BCUT2D eigenvalue weighted by Crippen LogP contribution is 2.30. The van der Waals surface area contributed by atoms with Crippen LogP contribution >= 0.6 is 0 Å². The number of hydrogen-bond acceptors (Lipinski definition) is 6. The van der Waals surface area contributed by atoms with Crippen molar-refractivity contribution in [3.63, 3.8) is 0 Å². The minimum atomic E-state index is -0.0166. The van der Waals surface area contributed by atoms with Crippen molar-refractivity contribution in [2.75, 3.05) is 13.1 Å². The lowest BCUT2D eigenvalue weighted by Crippen LogP contribution is -2.39. The topological polar surface area (TPSA) is 85.0 Å². The van der Waals surface area contributed by atoms with Gasteiger partial charge >= 0.3 is 0 Å². The first-order valence-corrected chi connectivity index (χ1v) is 9.50. The van der Waals surface area contributed by atoms with Crippen LogP contribution in [0.3, 0.4) is 0 Å². The molecule has 1 aliphatic rings. The maximum absolute atomic E-state index is 12.8. The molecule has 1 saturated heterocycles. The Hall–Kier alpha value is -3.09. The molecule has 4 rings (SSSR count). The van der Waals surface area contributed by atoms with E-state index in [1.165, 1.54) is 0 Å². The minimum Gasteiger partial charge on any atom is -0.361 e. The smallest absolute Gasteiger partial charge is 0.257 e. The molecule has 0 spiro atoms. The third kappa shape index (κ3) is 3.52. The molecule has 0 radical (unpaired) electrons. The summed E-state index contributed by atoms with van der Waals surface area (Å²) in [5, 5.41) is 4.01. The first kappa shape index (κ1) is 18.3. The fraction of sp³-hybridized carbons (Fsp3) is 0.381. The van der Waals surface area contributed by atoms with Gasteiger partial charge in [-0.3, -0.25) is 9.78 Å². The predicted molar refractivity (Wildman–Crippen MR) is 104 cm³/mol. The van der Waals surface area contributed by atoms with Gasteiger partial charge in [0.2, 0.25) is 0 Å². The molecule has 1 aliphatic heterocycles. The summed E-state index contributed by atoms with van der Waals surface area (Å²) in [6.07, 6.45) is 7.05. The molecular formula is C21H23N5O2. The van der Waals surface area contributed by atoms with E-state index in [0.29, 0.717) is 17.9 Å². The van der Waals surface area contributed by atoms with Crippen LogP contribution in [-0.4, -0.2) is 44.0 Å². The molecule has 3 aromatic heterocycles. The lowest BCUT2D eigenvalue weighted by molar-refractivity contribution is 0.0705. The molecule has 1 atom stereocenters. The van der Waals surface area contributed by atoms with E-state index in [1.807, 2.05) is 31.9 Å². The molecule has 144 valence electrons. The lowest BCUT2D eigenvalue weighted by Gasteiger charge is -2.32. The van der Waals surface area contributed by atoms with Crippen molar-refractivity contribution in [1.29, 1.82) is 0 Å². The van der Waals surface area contributed by atoms with E-state index in [4.69, 9.17) is 4.52 Å². The zero-order valence-electron chi connectivity index (χ0n) is 16.3. The Bertz CT molecular complexity index is 960. The summed E-state index contributed by atoms with van der Waals surface area (Å²) >= 11 is 0. The second kappa shape index (κ2) is 7.50. The van der Waals surface area contributed by atoms with E-state index in [2.05, 4.69) is 32.2 Å². The van der Waals surface area contributed by atoms with E-state index < -0.39 is 0 Å². The first-order chi connectivity index (χ1) is 13.5. The highest BCUT2D eigenvalue weighted by atomic mass is 16.5. The molecule has 0 aliphatic carbocycles. The summed E-state index contributed by atoms with van der Waals surface area (Å²) < 4.78 is 5.25. The molecule has 28 heavy (non-hydrogen) atoms. The van der Waals surface area contributed by atoms with E-state index in [1.54, 1.807) is 12.4 Å². The number of nitrogens with zero attached hydrogens (tertiary/aromatic N) is 5. The number of carbonyl (C=O) groups is 1. The minimum absolute atomic E-state index is 0.0166. The van der Waals surface area contributed by atoms with Crippen molar-refractivity contribution < 1.29 is 9.32 Å². The summed E-state index contributed by atoms with van der Waals surface area (Å²) in [5.74, 6) is 1.66. The second-order valence-corrected chi connectivity index (χ2v) is 7.28. The Morgan fingerprint density at radius 1 is 1.11 bits per heavy atom. The van der Waals surface area contributed by atoms with E-state index in [0.717, 1.165) is 47.7 Å². The van der Waals surface area contributed by atoms with Gasteiger partial charge in [-0.05, 0) is 39.7 Å². The summed E-state index contributed by atoms with van der Waals surface area (Å²) in [5.41, 5.74) is 4.40. The van der Waals surface area contributed by atoms with Crippen LogP contribution in [0.5, 0.6) is 0 Å². The van der Waals surface area contributed by atoms with Gasteiger partial charge in [-0.15, -0.1) is 0 Å². The number of rotatable bonds is 3. The number of aromatic nitrogens is 4. The zero-order chi connectivity index (χ0) is 19.7. The number of aryl methyl sites for hydroxylation is 3. The SMILES string of the molecule is Cc1ncc(C(=O)N2CCC[C@@H](c3ccc(-c4c(C)noc4C)cn3)C2)cn1. The predicted octanol–water partition coefficient (Wildman–Crippen LogP) is 3.47. The van der Waals surface area contributed by atoms with Crippen LogP contribution in [0.15, 0.2) is 35.2 Å². The van der Waals surface area contributed by atoms with Gasteiger partial charge in [-0.1, -0.05) is 11.2 Å². The average molecular weight is 377 g/mol. The summed E-state index contributed by atoms with van der Waals surface area (Å²) in [7, 11) is 0. The van der Waals surface area contributed by atoms with Gasteiger partial charge in [0.1, 0.15) is 11.6 Å². The number of hydrogen-bond donors (Lipinski definition) is 0. The van der Waals surface area contributed by atoms with Crippen LogP contribution < -0.4 is 0 Å². The normalized spacial score (nSPS) is 17.0. The fourth-order valence-corrected chi connectivity index (χ4v) is 3.78. The molecule has 7 heteroatoms. The Balaban J connectivity index is 1.50. The third-order valence-corrected chi connectivity index (χ3v) is 5.26. The Labute approximate surface area is 163 Å². The van der Waals surface area contributed by atoms with Crippen LogP contribution in [0.25, 0.3) is 11.1 Å². The lowest BCUT2D eigenvalue weighted by atomic mass is 9.93. The molecule has 0 unspecified atom stereocenters. The van der Waals surface area contributed by atoms with E-state index >= 15 is 0 Å². The Kier molecular flexibility index (Phi) is 4.90. The van der Waals surface area contributed by atoms with Crippen molar-refractivity contribution in [3.8, 4) is 11.1 Å². The second-order valence-electron chi connectivity index (χ2n) is 7.28. The maximum atomic E-state index is 12.8. The van der Waals surface area contributed by atoms with Crippen LogP contribution in [0.2, 0.25) is 0 Å². The zero-order valence-corrected chi connectivity index (χ0v) is 16.3. The quantitative estimate of drug-likeness (QED) is 0.695. The molecule has 0 aromatic carbocycles. The average Bonchev–Trinajstić information content (AvgIpc) is 3.06. The molecule has 1 fully saturated rings. The largest absolute Gasteiger partial charge is 0.361 e. The van der Waals surface area contributed by atoms with E-state index in [-0.39, 0.29) is 11.8 Å². The van der Waals surface area contributed by atoms with Gasteiger partial charge in [0.15, 0.2) is 0 Å². The van der Waals surface area contributed by atoms with E-state index in [9.17, 15) is 4.79 Å². The fourth-order valence-electron chi connectivity index (χ4n) is 3.78. The van der Waals surface area contributed by atoms with Crippen LogP contribution in [0, 0.1) is 20.8 Å². The number of likely N-dealkylation sites (tertiary alicyclic amines) is 1. The Morgan fingerprint density at radius 3 is 2.54 bits per heavy atom. The molecule has 7 nitrogen and oxygen atoms in total. The summed E-state index contributed by atoms with van der Waals surface area (Å²) in [6, 6.07) is 4.11. The van der Waals surface area contributed by atoms with Gasteiger partial charge in [0, 0.05) is 54.4 Å². The van der Waals surface area contributed by atoms with Crippen molar-refractivity contribution in [2.24, 2.45) is 0 Å². The van der Waals surface area contributed by atoms with Gasteiger partial charge in [0.25, 0.3) is 5.91 Å². The van der Waals surface area contributed by atoms with Crippen LogP contribution in [-0.2, 0) is 0 Å². The molecule has 3 aromatic rings. The van der Waals surface area contributed by atoms with Gasteiger partial charge in [-0.2, -0.15) is 0 Å². The first-order valence-electron chi connectivity index (χ1n) is 9.50. The number of amides is 1.